The van der Waals surface area contributed by atoms with Crippen LogP contribution in [0.3, 0.4) is 0 Å². The second-order valence-corrected chi connectivity index (χ2v) is 9.54. The normalized spacial score (nSPS) is 14.7. The van der Waals surface area contributed by atoms with Crippen molar-refractivity contribution in [3.63, 3.8) is 0 Å². The SMILES string of the molecule is CCC(CCC(C#N)(c1c(Br)cccc1Br)C(C)C)N(C)Cc1ccccc1. The highest BCUT2D eigenvalue weighted by atomic mass is 79.9. The van der Waals surface area contributed by atoms with E-state index in [4.69, 9.17) is 0 Å². The maximum Gasteiger partial charge on any atom is 0.0867 e. The molecule has 28 heavy (non-hydrogen) atoms. The van der Waals surface area contributed by atoms with Crippen molar-refractivity contribution in [2.75, 3.05) is 7.05 Å². The third kappa shape index (κ3) is 5.26. The van der Waals surface area contributed by atoms with Gasteiger partial charge in [-0.3, -0.25) is 4.90 Å². The molecule has 0 aliphatic heterocycles. The Balaban J connectivity index is 2.24. The zero-order valence-electron chi connectivity index (χ0n) is 17.3. The summed E-state index contributed by atoms with van der Waals surface area (Å²) < 4.78 is 2.01. The number of rotatable bonds is 9. The van der Waals surface area contributed by atoms with Crippen molar-refractivity contribution < 1.29 is 0 Å². The van der Waals surface area contributed by atoms with Crippen molar-refractivity contribution in [3.05, 3.63) is 68.6 Å². The van der Waals surface area contributed by atoms with E-state index in [0.29, 0.717) is 6.04 Å². The van der Waals surface area contributed by atoms with Gasteiger partial charge >= 0.3 is 0 Å². The fourth-order valence-corrected chi connectivity index (χ4v) is 5.70. The molecule has 0 N–H and O–H groups in total. The van der Waals surface area contributed by atoms with Crippen LogP contribution in [0.25, 0.3) is 0 Å². The molecule has 2 aromatic rings. The molecule has 0 saturated heterocycles. The van der Waals surface area contributed by atoms with Crippen molar-refractivity contribution in [1.82, 2.24) is 4.90 Å². The number of halogens is 2. The predicted octanol–water partition coefficient (Wildman–Crippen LogP) is 7.32. The summed E-state index contributed by atoms with van der Waals surface area (Å²) in [6.07, 6.45) is 2.89. The Morgan fingerprint density at radius 2 is 1.64 bits per heavy atom. The molecular formula is C24H30Br2N2. The molecule has 2 nitrogen and oxygen atoms in total. The van der Waals surface area contributed by atoms with E-state index in [2.05, 4.69) is 101 Å². The molecule has 0 heterocycles. The van der Waals surface area contributed by atoms with Crippen LogP contribution in [0, 0.1) is 17.2 Å². The first-order valence-corrected chi connectivity index (χ1v) is 11.5. The minimum absolute atomic E-state index is 0.212. The lowest BCUT2D eigenvalue weighted by Crippen LogP contribution is -2.36. The Bertz CT molecular complexity index is 778. The van der Waals surface area contributed by atoms with Crippen LogP contribution >= 0.6 is 31.9 Å². The van der Waals surface area contributed by atoms with Gasteiger partial charge in [0.1, 0.15) is 0 Å². The predicted molar refractivity (Wildman–Crippen MR) is 125 cm³/mol. The number of hydrogen-bond donors (Lipinski definition) is 0. The zero-order valence-corrected chi connectivity index (χ0v) is 20.4. The van der Waals surface area contributed by atoms with Crippen molar-refractivity contribution in [2.24, 2.45) is 5.92 Å². The van der Waals surface area contributed by atoms with Crippen LogP contribution in [0.2, 0.25) is 0 Å². The van der Waals surface area contributed by atoms with Gasteiger partial charge in [-0.25, -0.2) is 0 Å². The molecule has 0 fully saturated rings. The van der Waals surface area contributed by atoms with Crippen molar-refractivity contribution >= 4 is 31.9 Å². The van der Waals surface area contributed by atoms with Gasteiger partial charge in [0.15, 0.2) is 0 Å². The molecule has 0 radical (unpaired) electrons. The largest absolute Gasteiger partial charge is 0.299 e. The molecular weight excluding hydrogens is 476 g/mol. The number of nitriles is 1. The summed E-state index contributed by atoms with van der Waals surface area (Å²) in [5.41, 5.74) is 1.88. The first-order chi connectivity index (χ1) is 13.4. The molecule has 0 saturated carbocycles. The first-order valence-electron chi connectivity index (χ1n) is 9.95. The van der Waals surface area contributed by atoms with E-state index in [1.165, 1.54) is 5.56 Å². The summed E-state index contributed by atoms with van der Waals surface area (Å²) >= 11 is 7.40. The molecule has 0 aliphatic carbocycles. The summed E-state index contributed by atoms with van der Waals surface area (Å²) in [4.78, 5) is 2.42. The van der Waals surface area contributed by atoms with Crippen LogP contribution in [-0.4, -0.2) is 18.0 Å². The lowest BCUT2D eigenvalue weighted by atomic mass is 9.69. The Kier molecular flexibility index (Phi) is 8.74. The van der Waals surface area contributed by atoms with Gasteiger partial charge in [0.2, 0.25) is 0 Å². The van der Waals surface area contributed by atoms with E-state index in [1.807, 2.05) is 18.2 Å². The van der Waals surface area contributed by atoms with Crippen LogP contribution in [0.1, 0.15) is 51.2 Å². The van der Waals surface area contributed by atoms with Crippen LogP contribution < -0.4 is 0 Å². The van der Waals surface area contributed by atoms with Crippen LogP contribution in [0.15, 0.2) is 57.5 Å². The summed E-state index contributed by atoms with van der Waals surface area (Å²) in [5.74, 6) is 0.212. The maximum absolute atomic E-state index is 10.3. The molecule has 0 spiro atoms. The van der Waals surface area contributed by atoms with Gasteiger partial charge in [0, 0.05) is 27.1 Å². The lowest BCUT2D eigenvalue weighted by Gasteiger charge is -2.36. The molecule has 0 aromatic heterocycles. The van der Waals surface area contributed by atoms with E-state index in [-0.39, 0.29) is 5.92 Å². The number of nitrogens with zero attached hydrogens (tertiary/aromatic N) is 2. The molecule has 0 aliphatic rings. The zero-order chi connectivity index (χ0) is 20.7. The fraction of sp³-hybridized carbons (Fsp3) is 0.458. The van der Waals surface area contributed by atoms with E-state index in [9.17, 15) is 5.26 Å². The van der Waals surface area contributed by atoms with E-state index >= 15 is 0 Å². The Morgan fingerprint density at radius 3 is 2.14 bits per heavy atom. The van der Waals surface area contributed by atoms with Gasteiger partial charge in [-0.1, -0.05) is 89.0 Å². The lowest BCUT2D eigenvalue weighted by molar-refractivity contribution is 0.197. The smallest absolute Gasteiger partial charge is 0.0867 e. The summed E-state index contributed by atoms with van der Waals surface area (Å²) in [6, 6.07) is 19.8. The summed E-state index contributed by atoms with van der Waals surface area (Å²) in [6.45, 7) is 7.48. The second-order valence-electron chi connectivity index (χ2n) is 7.84. The Morgan fingerprint density at radius 1 is 1.04 bits per heavy atom. The minimum atomic E-state index is -0.528. The molecule has 0 bridgehead atoms. The molecule has 150 valence electrons. The van der Waals surface area contributed by atoms with Gasteiger partial charge in [-0.15, -0.1) is 0 Å². The standard InChI is InChI=1S/C24H30Br2N2/c1-5-20(28(4)16-19-10-7-6-8-11-19)14-15-24(17-27,18(2)3)23-21(25)12-9-13-22(23)26/h6-13,18,20H,5,14-16H2,1-4H3. The van der Waals surface area contributed by atoms with E-state index in [0.717, 1.165) is 40.3 Å². The highest BCUT2D eigenvalue weighted by Gasteiger charge is 2.39. The third-order valence-electron chi connectivity index (χ3n) is 5.84. The van der Waals surface area contributed by atoms with Gasteiger partial charge in [-0.05, 0) is 49.9 Å². The van der Waals surface area contributed by atoms with Gasteiger partial charge in [-0.2, -0.15) is 5.26 Å². The number of benzene rings is 2. The molecule has 2 atom stereocenters. The van der Waals surface area contributed by atoms with Crippen molar-refractivity contribution in [3.8, 4) is 6.07 Å². The molecule has 2 rings (SSSR count). The highest BCUT2D eigenvalue weighted by molar-refractivity contribution is 9.11. The average Bonchev–Trinajstić information content (AvgIpc) is 2.67. The van der Waals surface area contributed by atoms with Gasteiger partial charge in [0.05, 0.1) is 11.5 Å². The molecule has 2 aromatic carbocycles. The molecule has 2 unspecified atom stereocenters. The summed E-state index contributed by atoms with van der Waals surface area (Å²) in [7, 11) is 2.19. The number of hydrogen-bond acceptors (Lipinski definition) is 2. The van der Waals surface area contributed by atoms with E-state index in [1.54, 1.807) is 0 Å². The third-order valence-corrected chi connectivity index (χ3v) is 7.16. The fourth-order valence-electron chi connectivity index (χ4n) is 4.00. The van der Waals surface area contributed by atoms with E-state index < -0.39 is 5.41 Å². The van der Waals surface area contributed by atoms with Crippen molar-refractivity contribution in [2.45, 2.75) is 58.0 Å². The van der Waals surface area contributed by atoms with Crippen LogP contribution in [0.4, 0.5) is 0 Å². The Labute approximate surface area is 187 Å². The second kappa shape index (κ2) is 10.6. The Hall–Kier alpha value is -1.15. The van der Waals surface area contributed by atoms with Gasteiger partial charge < -0.3 is 0 Å². The maximum atomic E-state index is 10.3. The van der Waals surface area contributed by atoms with Crippen molar-refractivity contribution in [1.29, 1.82) is 5.26 Å². The first kappa shape index (κ1) is 23.1. The average molecular weight is 506 g/mol. The summed E-state index contributed by atoms with van der Waals surface area (Å²) in [5, 5.41) is 10.3. The topological polar surface area (TPSA) is 27.0 Å². The highest BCUT2D eigenvalue weighted by Crippen LogP contribution is 2.44. The molecule has 0 amide bonds. The van der Waals surface area contributed by atoms with Crippen LogP contribution in [0.5, 0.6) is 0 Å². The van der Waals surface area contributed by atoms with Gasteiger partial charge in [0.25, 0.3) is 0 Å². The minimum Gasteiger partial charge on any atom is -0.299 e. The van der Waals surface area contributed by atoms with Crippen LogP contribution in [-0.2, 0) is 12.0 Å². The quantitative estimate of drug-likeness (QED) is 0.357. The molecule has 4 heteroatoms. The monoisotopic (exact) mass is 504 g/mol.